The fourth-order valence-corrected chi connectivity index (χ4v) is 1.93. The van der Waals surface area contributed by atoms with Crippen LogP contribution in [0, 0.1) is 0 Å². The van der Waals surface area contributed by atoms with E-state index in [1.165, 1.54) is 5.56 Å². The van der Waals surface area contributed by atoms with E-state index in [0.29, 0.717) is 19.8 Å². The largest absolute Gasteiger partial charge is 0.490 e. The Morgan fingerprint density at radius 1 is 0.762 bits per heavy atom. The van der Waals surface area contributed by atoms with Gasteiger partial charge >= 0.3 is 0 Å². The summed E-state index contributed by atoms with van der Waals surface area (Å²) in [4.78, 5) is 0. The van der Waals surface area contributed by atoms with Gasteiger partial charge in [-0.05, 0) is 48.4 Å². The SMILES string of the molecule is NCCc1ccc(OCCOc2ccc(CO)cc2)cc1. The molecule has 3 N–H and O–H groups in total. The van der Waals surface area contributed by atoms with Crippen LogP contribution in [0.1, 0.15) is 11.1 Å². The highest BCUT2D eigenvalue weighted by molar-refractivity contribution is 5.28. The molecule has 0 bridgehead atoms. The zero-order valence-electron chi connectivity index (χ0n) is 12.0. The summed E-state index contributed by atoms with van der Waals surface area (Å²) in [5.74, 6) is 1.60. The Labute approximate surface area is 125 Å². The summed E-state index contributed by atoms with van der Waals surface area (Å²) < 4.78 is 11.2. The predicted molar refractivity (Wildman–Crippen MR) is 82.6 cm³/mol. The Bertz CT molecular complexity index is 523. The van der Waals surface area contributed by atoms with Gasteiger partial charge in [0.1, 0.15) is 24.7 Å². The van der Waals surface area contributed by atoms with E-state index in [4.69, 9.17) is 20.3 Å². The van der Waals surface area contributed by atoms with Gasteiger partial charge in [0.15, 0.2) is 0 Å². The number of rotatable bonds is 8. The van der Waals surface area contributed by atoms with Crippen LogP contribution in [0.5, 0.6) is 11.5 Å². The van der Waals surface area contributed by atoms with E-state index in [9.17, 15) is 0 Å². The maximum atomic E-state index is 8.95. The molecule has 4 heteroatoms. The minimum absolute atomic E-state index is 0.0452. The van der Waals surface area contributed by atoms with Gasteiger partial charge in [-0.2, -0.15) is 0 Å². The van der Waals surface area contributed by atoms with Crippen molar-refractivity contribution in [2.75, 3.05) is 19.8 Å². The van der Waals surface area contributed by atoms with E-state index in [0.717, 1.165) is 23.5 Å². The van der Waals surface area contributed by atoms with Crippen LogP contribution in [-0.4, -0.2) is 24.9 Å². The van der Waals surface area contributed by atoms with Gasteiger partial charge in [-0.1, -0.05) is 24.3 Å². The number of hydrogen-bond donors (Lipinski definition) is 2. The van der Waals surface area contributed by atoms with E-state index < -0.39 is 0 Å². The van der Waals surface area contributed by atoms with Crippen molar-refractivity contribution in [3.05, 3.63) is 59.7 Å². The van der Waals surface area contributed by atoms with E-state index in [2.05, 4.69) is 0 Å². The molecule has 0 atom stereocenters. The molecule has 0 unspecified atom stereocenters. The molecule has 0 saturated carbocycles. The molecule has 0 saturated heterocycles. The van der Waals surface area contributed by atoms with Crippen LogP contribution in [0.15, 0.2) is 48.5 Å². The second kappa shape index (κ2) is 8.29. The number of benzene rings is 2. The molecule has 0 aliphatic rings. The molecule has 0 radical (unpaired) electrons. The van der Waals surface area contributed by atoms with Gasteiger partial charge in [0, 0.05) is 0 Å². The fourth-order valence-electron chi connectivity index (χ4n) is 1.93. The zero-order valence-corrected chi connectivity index (χ0v) is 12.0. The first-order valence-corrected chi connectivity index (χ1v) is 7.06. The molecular weight excluding hydrogens is 266 g/mol. The topological polar surface area (TPSA) is 64.7 Å². The minimum Gasteiger partial charge on any atom is -0.490 e. The maximum absolute atomic E-state index is 8.95. The van der Waals surface area contributed by atoms with Gasteiger partial charge < -0.3 is 20.3 Å². The first-order valence-electron chi connectivity index (χ1n) is 7.06. The normalized spacial score (nSPS) is 10.4. The van der Waals surface area contributed by atoms with E-state index in [1.807, 2.05) is 48.5 Å². The Hall–Kier alpha value is -2.04. The molecule has 2 aromatic rings. The Morgan fingerprint density at radius 2 is 1.24 bits per heavy atom. The van der Waals surface area contributed by atoms with Crippen molar-refractivity contribution in [2.45, 2.75) is 13.0 Å². The molecule has 2 rings (SSSR count). The van der Waals surface area contributed by atoms with Crippen LogP contribution < -0.4 is 15.2 Å². The van der Waals surface area contributed by atoms with Gasteiger partial charge in [0.25, 0.3) is 0 Å². The first kappa shape index (κ1) is 15.4. The van der Waals surface area contributed by atoms with Crippen molar-refractivity contribution in [3.63, 3.8) is 0 Å². The number of hydrogen-bond acceptors (Lipinski definition) is 4. The molecule has 0 heterocycles. The third-order valence-corrected chi connectivity index (χ3v) is 3.08. The number of aliphatic hydroxyl groups is 1. The van der Waals surface area contributed by atoms with E-state index >= 15 is 0 Å². The van der Waals surface area contributed by atoms with Gasteiger partial charge in [0.05, 0.1) is 6.61 Å². The fraction of sp³-hybridized carbons (Fsp3) is 0.294. The highest BCUT2D eigenvalue weighted by atomic mass is 16.5. The van der Waals surface area contributed by atoms with Crippen molar-refractivity contribution in [3.8, 4) is 11.5 Å². The number of nitrogens with two attached hydrogens (primary N) is 1. The minimum atomic E-state index is 0.0452. The Kier molecular flexibility index (Phi) is 6.06. The van der Waals surface area contributed by atoms with Crippen LogP contribution >= 0.6 is 0 Å². The molecule has 0 amide bonds. The molecule has 0 spiro atoms. The lowest BCUT2D eigenvalue weighted by molar-refractivity contribution is 0.217. The third-order valence-electron chi connectivity index (χ3n) is 3.08. The summed E-state index contributed by atoms with van der Waals surface area (Å²) in [6, 6.07) is 15.3. The summed E-state index contributed by atoms with van der Waals surface area (Å²) in [5, 5.41) is 8.95. The average Bonchev–Trinajstić information content (AvgIpc) is 2.54. The quantitative estimate of drug-likeness (QED) is 0.730. The summed E-state index contributed by atoms with van der Waals surface area (Å²) >= 11 is 0. The molecule has 2 aromatic carbocycles. The standard InChI is InChI=1S/C17H21NO3/c18-10-9-14-1-5-16(6-2-14)20-11-12-21-17-7-3-15(13-19)4-8-17/h1-8,19H,9-13,18H2. The lowest BCUT2D eigenvalue weighted by Crippen LogP contribution is -2.09. The van der Waals surface area contributed by atoms with Crippen LogP contribution in [0.4, 0.5) is 0 Å². The van der Waals surface area contributed by atoms with Gasteiger partial charge in [0.2, 0.25) is 0 Å². The van der Waals surface area contributed by atoms with Crippen LogP contribution in [0.3, 0.4) is 0 Å². The lowest BCUT2D eigenvalue weighted by atomic mass is 10.1. The van der Waals surface area contributed by atoms with Gasteiger partial charge in [-0.3, -0.25) is 0 Å². The molecule has 0 aliphatic carbocycles. The molecular formula is C17H21NO3. The molecule has 4 nitrogen and oxygen atoms in total. The van der Waals surface area contributed by atoms with Crippen molar-refractivity contribution in [1.82, 2.24) is 0 Å². The summed E-state index contributed by atoms with van der Waals surface area (Å²) in [7, 11) is 0. The molecule has 0 fully saturated rings. The van der Waals surface area contributed by atoms with Gasteiger partial charge in [-0.25, -0.2) is 0 Å². The van der Waals surface area contributed by atoms with E-state index in [-0.39, 0.29) is 6.61 Å². The van der Waals surface area contributed by atoms with Crippen LogP contribution in [-0.2, 0) is 13.0 Å². The third kappa shape index (κ3) is 5.10. The van der Waals surface area contributed by atoms with E-state index in [1.54, 1.807) is 0 Å². The maximum Gasteiger partial charge on any atom is 0.122 e. The molecule has 112 valence electrons. The zero-order chi connectivity index (χ0) is 14.9. The monoisotopic (exact) mass is 287 g/mol. The number of aliphatic hydroxyl groups excluding tert-OH is 1. The molecule has 21 heavy (non-hydrogen) atoms. The predicted octanol–water partition coefficient (Wildman–Crippen LogP) is 2.14. The molecule has 0 aliphatic heterocycles. The lowest BCUT2D eigenvalue weighted by Gasteiger charge is -2.09. The van der Waals surface area contributed by atoms with Crippen molar-refractivity contribution in [2.24, 2.45) is 5.73 Å². The summed E-state index contributed by atoms with van der Waals surface area (Å²) in [5.41, 5.74) is 7.59. The van der Waals surface area contributed by atoms with Gasteiger partial charge in [-0.15, -0.1) is 0 Å². The Morgan fingerprint density at radius 3 is 1.67 bits per heavy atom. The number of ether oxygens (including phenoxy) is 2. The second-order valence-electron chi connectivity index (χ2n) is 4.68. The summed E-state index contributed by atoms with van der Waals surface area (Å²) in [6.07, 6.45) is 0.882. The van der Waals surface area contributed by atoms with Crippen molar-refractivity contribution >= 4 is 0 Å². The van der Waals surface area contributed by atoms with Crippen molar-refractivity contribution < 1.29 is 14.6 Å². The second-order valence-corrected chi connectivity index (χ2v) is 4.68. The van der Waals surface area contributed by atoms with Crippen molar-refractivity contribution in [1.29, 1.82) is 0 Å². The highest BCUT2D eigenvalue weighted by Crippen LogP contribution is 2.14. The summed E-state index contributed by atoms with van der Waals surface area (Å²) in [6.45, 7) is 1.66. The van der Waals surface area contributed by atoms with Crippen LogP contribution in [0.25, 0.3) is 0 Å². The van der Waals surface area contributed by atoms with Crippen LogP contribution in [0.2, 0.25) is 0 Å². The smallest absolute Gasteiger partial charge is 0.122 e. The highest BCUT2D eigenvalue weighted by Gasteiger charge is 1.97. The first-order chi connectivity index (χ1) is 10.3. The Balaban J connectivity index is 1.71. The average molecular weight is 287 g/mol. The molecule has 0 aromatic heterocycles.